The predicted molar refractivity (Wildman–Crippen MR) is 87.1 cm³/mol. The third-order valence-electron chi connectivity index (χ3n) is 3.65. The average Bonchev–Trinajstić information content (AvgIpc) is 2.71. The maximum atomic E-state index is 12.3. The van der Waals surface area contributed by atoms with Gasteiger partial charge in [-0.2, -0.15) is 0 Å². The van der Waals surface area contributed by atoms with E-state index in [2.05, 4.69) is 21.2 Å². The van der Waals surface area contributed by atoms with Crippen LogP contribution >= 0.6 is 28.3 Å². The van der Waals surface area contributed by atoms with E-state index in [-0.39, 0.29) is 24.2 Å². The first-order chi connectivity index (χ1) is 9.32. The summed E-state index contributed by atoms with van der Waals surface area (Å²) >= 11 is 3.34. The second kappa shape index (κ2) is 6.77. The Balaban J connectivity index is 0.00000220. The van der Waals surface area contributed by atoms with E-state index in [1.165, 1.54) is 0 Å². The van der Waals surface area contributed by atoms with E-state index in [1.54, 1.807) is 31.0 Å². The molecule has 0 saturated carbocycles. The molecule has 1 heterocycles. The van der Waals surface area contributed by atoms with Gasteiger partial charge in [-0.1, -0.05) is 28.1 Å². The molecule has 1 aliphatic heterocycles. The van der Waals surface area contributed by atoms with Crippen molar-refractivity contribution in [1.82, 2.24) is 10.2 Å². The number of likely N-dealkylation sites (N-methyl/N-ethyl adjacent to an activating group) is 1. The van der Waals surface area contributed by atoms with Crippen molar-refractivity contribution >= 4 is 40.2 Å². The fourth-order valence-corrected chi connectivity index (χ4v) is 2.46. The molecule has 21 heavy (non-hydrogen) atoms. The molecule has 116 valence electrons. The first kappa shape index (κ1) is 17.9. The molecule has 2 amide bonds. The van der Waals surface area contributed by atoms with Gasteiger partial charge in [-0.25, -0.2) is 0 Å². The number of nitrogens with two attached hydrogens (primary N) is 1. The van der Waals surface area contributed by atoms with Gasteiger partial charge in [0, 0.05) is 18.1 Å². The largest absolute Gasteiger partial charge is 0.344 e. The molecule has 0 aliphatic carbocycles. The number of carbonyl (C=O) groups is 2. The number of likely N-dealkylation sites (tertiary alicyclic amines) is 1. The summed E-state index contributed by atoms with van der Waals surface area (Å²) < 4.78 is 0.921. The minimum atomic E-state index is -1.16. The Morgan fingerprint density at radius 1 is 1.43 bits per heavy atom. The maximum absolute atomic E-state index is 12.3. The molecule has 1 aromatic carbocycles. The Morgan fingerprint density at radius 3 is 2.48 bits per heavy atom. The summed E-state index contributed by atoms with van der Waals surface area (Å²) in [7, 11) is 1.73. The molecule has 0 radical (unpaired) electrons. The number of amides is 2. The summed E-state index contributed by atoms with van der Waals surface area (Å²) in [5, 5.41) is 2.75. The van der Waals surface area contributed by atoms with Gasteiger partial charge in [-0.3, -0.25) is 9.59 Å². The van der Waals surface area contributed by atoms with Crippen LogP contribution < -0.4 is 11.1 Å². The number of halogens is 2. The van der Waals surface area contributed by atoms with Crippen LogP contribution in [0.2, 0.25) is 0 Å². The third-order valence-corrected chi connectivity index (χ3v) is 4.18. The lowest BCUT2D eigenvalue weighted by Crippen LogP contribution is -2.53. The second-order valence-corrected chi connectivity index (χ2v) is 6.20. The van der Waals surface area contributed by atoms with E-state index < -0.39 is 11.6 Å². The van der Waals surface area contributed by atoms with Gasteiger partial charge >= 0.3 is 0 Å². The van der Waals surface area contributed by atoms with Crippen molar-refractivity contribution in [3.05, 3.63) is 34.3 Å². The van der Waals surface area contributed by atoms with E-state index in [0.717, 1.165) is 4.47 Å². The van der Waals surface area contributed by atoms with Crippen LogP contribution in [0.4, 0.5) is 0 Å². The maximum Gasteiger partial charge on any atom is 0.245 e. The quantitative estimate of drug-likeness (QED) is 0.837. The number of benzene rings is 1. The van der Waals surface area contributed by atoms with Crippen LogP contribution in [0.1, 0.15) is 18.9 Å². The Labute approximate surface area is 138 Å². The zero-order chi connectivity index (χ0) is 14.9. The summed E-state index contributed by atoms with van der Waals surface area (Å²) in [5.41, 5.74) is 5.68. The van der Waals surface area contributed by atoms with Crippen LogP contribution in [0.3, 0.4) is 0 Å². The van der Waals surface area contributed by atoms with Crippen LogP contribution in [0, 0.1) is 0 Å². The molecule has 0 bridgehead atoms. The van der Waals surface area contributed by atoms with E-state index in [4.69, 9.17) is 5.73 Å². The normalized spacial score (nSPS) is 20.7. The summed E-state index contributed by atoms with van der Waals surface area (Å²) in [6, 6.07) is 6.80. The topological polar surface area (TPSA) is 75.4 Å². The van der Waals surface area contributed by atoms with Crippen molar-refractivity contribution in [3.63, 3.8) is 0 Å². The Hall–Kier alpha value is -1.11. The monoisotopic (exact) mass is 375 g/mol. The predicted octanol–water partition coefficient (Wildman–Crippen LogP) is 1.39. The smallest absolute Gasteiger partial charge is 0.245 e. The third kappa shape index (κ3) is 3.75. The summed E-state index contributed by atoms with van der Waals surface area (Å²) in [6.45, 7) is 2.30. The van der Waals surface area contributed by atoms with Crippen LogP contribution in [0.25, 0.3) is 0 Å². The van der Waals surface area contributed by atoms with Gasteiger partial charge < -0.3 is 16.0 Å². The first-order valence-electron chi connectivity index (χ1n) is 6.43. The molecular weight excluding hydrogens is 358 g/mol. The molecular formula is C14H19BrClN3O2. The highest BCUT2D eigenvalue weighted by atomic mass is 79.9. The lowest BCUT2D eigenvalue weighted by Gasteiger charge is -2.25. The molecule has 0 spiro atoms. The van der Waals surface area contributed by atoms with Crippen LogP contribution in [0.5, 0.6) is 0 Å². The van der Waals surface area contributed by atoms with Gasteiger partial charge in [-0.05, 0) is 31.0 Å². The molecule has 2 unspecified atom stereocenters. The molecule has 7 heteroatoms. The molecule has 3 N–H and O–H groups in total. The standard InChI is InChI=1S/C14H18BrN3O2.ClH/c1-14(16,9-3-5-10(15)6-4-9)13(20)17-11-7-8-18(2)12(11)19;/h3-6,11H,7-8,16H2,1-2H3,(H,17,20);1H. The van der Waals surface area contributed by atoms with Gasteiger partial charge in [-0.15, -0.1) is 12.4 Å². The number of rotatable bonds is 3. The molecule has 1 aromatic rings. The fraction of sp³-hybridized carbons (Fsp3) is 0.429. The van der Waals surface area contributed by atoms with E-state index in [0.29, 0.717) is 18.5 Å². The summed E-state index contributed by atoms with van der Waals surface area (Å²) in [4.78, 5) is 25.8. The SMILES string of the molecule is CN1CCC(NC(=O)C(C)(N)c2ccc(Br)cc2)C1=O.Cl. The van der Waals surface area contributed by atoms with Crippen molar-refractivity contribution in [1.29, 1.82) is 0 Å². The highest BCUT2D eigenvalue weighted by molar-refractivity contribution is 9.10. The second-order valence-electron chi connectivity index (χ2n) is 5.28. The molecule has 1 fully saturated rings. The van der Waals surface area contributed by atoms with Crippen LogP contribution in [-0.2, 0) is 15.1 Å². The zero-order valence-corrected chi connectivity index (χ0v) is 14.3. The van der Waals surface area contributed by atoms with Crippen molar-refractivity contribution in [2.75, 3.05) is 13.6 Å². The Morgan fingerprint density at radius 2 is 2.00 bits per heavy atom. The average molecular weight is 377 g/mol. The zero-order valence-electron chi connectivity index (χ0n) is 11.9. The van der Waals surface area contributed by atoms with E-state index in [9.17, 15) is 9.59 Å². The molecule has 2 atom stereocenters. The first-order valence-corrected chi connectivity index (χ1v) is 7.22. The summed E-state index contributed by atoms with van der Waals surface area (Å²) in [6.07, 6.45) is 0.623. The van der Waals surface area contributed by atoms with Gasteiger partial charge in [0.05, 0.1) is 0 Å². The number of carbonyl (C=O) groups excluding carboxylic acids is 2. The Kier molecular flexibility index (Phi) is 5.78. The van der Waals surface area contributed by atoms with Gasteiger partial charge in [0.15, 0.2) is 0 Å². The summed E-state index contributed by atoms with van der Waals surface area (Å²) in [5.74, 6) is -0.404. The Bertz CT molecular complexity index is 534. The van der Waals surface area contributed by atoms with Crippen molar-refractivity contribution < 1.29 is 9.59 Å². The number of nitrogens with one attached hydrogen (secondary N) is 1. The van der Waals surface area contributed by atoms with Crippen LogP contribution in [-0.4, -0.2) is 36.3 Å². The van der Waals surface area contributed by atoms with Crippen LogP contribution in [0.15, 0.2) is 28.7 Å². The molecule has 5 nitrogen and oxygen atoms in total. The van der Waals surface area contributed by atoms with E-state index in [1.807, 2.05) is 12.1 Å². The lowest BCUT2D eigenvalue weighted by atomic mass is 9.92. The minimum absolute atomic E-state index is 0. The fourth-order valence-electron chi connectivity index (χ4n) is 2.19. The molecule has 1 saturated heterocycles. The van der Waals surface area contributed by atoms with Crippen molar-refractivity contribution in [3.8, 4) is 0 Å². The highest BCUT2D eigenvalue weighted by Gasteiger charge is 2.36. The molecule has 1 aliphatic rings. The molecule has 2 rings (SSSR count). The van der Waals surface area contributed by atoms with Crippen molar-refractivity contribution in [2.45, 2.75) is 24.9 Å². The van der Waals surface area contributed by atoms with Crippen molar-refractivity contribution in [2.24, 2.45) is 5.73 Å². The van der Waals surface area contributed by atoms with Gasteiger partial charge in [0.25, 0.3) is 0 Å². The minimum Gasteiger partial charge on any atom is -0.344 e. The van der Waals surface area contributed by atoms with Gasteiger partial charge in [0.2, 0.25) is 11.8 Å². The highest BCUT2D eigenvalue weighted by Crippen LogP contribution is 2.21. The lowest BCUT2D eigenvalue weighted by molar-refractivity contribution is -0.133. The number of hydrogen-bond donors (Lipinski definition) is 2. The van der Waals surface area contributed by atoms with E-state index >= 15 is 0 Å². The van der Waals surface area contributed by atoms with Gasteiger partial charge in [0.1, 0.15) is 11.6 Å². The number of nitrogens with zero attached hydrogens (tertiary/aromatic N) is 1. The molecule has 0 aromatic heterocycles. The number of hydrogen-bond acceptors (Lipinski definition) is 3.